The first-order valence-electron chi connectivity index (χ1n) is 24.2. The Hall–Kier alpha value is -3.42. The molecule has 3 rings (SSSR count). The highest BCUT2D eigenvalue weighted by molar-refractivity contribution is 7.90. The summed E-state index contributed by atoms with van der Waals surface area (Å²) >= 11 is 0. The van der Waals surface area contributed by atoms with Gasteiger partial charge in [-0.15, -0.1) is 20.4 Å². The summed E-state index contributed by atoms with van der Waals surface area (Å²) in [6.07, 6.45) is 4.82. The first-order chi connectivity index (χ1) is 31.1. The van der Waals surface area contributed by atoms with Crippen LogP contribution in [0.4, 0.5) is 0 Å². The lowest BCUT2D eigenvalue weighted by Gasteiger charge is -2.19. The number of Topliss-reactive ketones (excluding diaryl/α,β-unsaturated/α-hetero) is 3. The second-order valence-electron chi connectivity index (χ2n) is 26.9. The second-order valence-corrected chi connectivity index (χ2v) is 31.5. The van der Waals surface area contributed by atoms with Crippen molar-refractivity contribution in [1.29, 1.82) is 0 Å². The van der Waals surface area contributed by atoms with Gasteiger partial charge in [0, 0.05) is 44.8 Å². The zero-order chi connectivity index (χ0) is 57.4. The first-order valence-corrected chi connectivity index (χ1v) is 28.5. The Kier molecular flexibility index (Phi) is 35.3. The summed E-state index contributed by atoms with van der Waals surface area (Å²) in [6, 6.07) is 0. The van der Waals surface area contributed by atoms with Gasteiger partial charge in [-0.2, -0.15) is 9.91 Å². The minimum absolute atomic E-state index is 0. The number of carbonyl (C=O) groups excluding carboxylic acids is 3. The molecule has 19 nitrogen and oxygen atoms in total. The van der Waals surface area contributed by atoms with Crippen molar-refractivity contribution in [2.75, 3.05) is 31.5 Å². The quantitative estimate of drug-likeness (QED) is 0.166. The fourth-order valence-electron chi connectivity index (χ4n) is 5.48. The summed E-state index contributed by atoms with van der Waals surface area (Å²) in [5.41, 5.74) is 0.591. The van der Waals surface area contributed by atoms with Gasteiger partial charge in [0.05, 0.1) is 5.75 Å². The van der Waals surface area contributed by atoms with Crippen LogP contribution in [0.5, 0.6) is 0 Å². The van der Waals surface area contributed by atoms with Crippen LogP contribution < -0.4 is 0 Å². The van der Waals surface area contributed by atoms with Crippen LogP contribution in [0.25, 0.3) is 0 Å². The molecule has 1 aliphatic heterocycles. The topological polar surface area (TPSA) is 267 Å². The van der Waals surface area contributed by atoms with Gasteiger partial charge < -0.3 is 14.7 Å². The van der Waals surface area contributed by atoms with Gasteiger partial charge in [-0.3, -0.25) is 14.2 Å². The number of sulfone groups is 1. The van der Waals surface area contributed by atoms with Crippen molar-refractivity contribution in [1.82, 2.24) is 40.4 Å². The molecular weight excluding hydrogens is 956 g/mol. The summed E-state index contributed by atoms with van der Waals surface area (Å²) in [5, 5.41) is 39.6. The van der Waals surface area contributed by atoms with Gasteiger partial charge in [-0.05, 0) is 74.2 Å². The third-order valence-electron chi connectivity index (χ3n) is 7.90. The third-order valence-corrected chi connectivity index (χ3v) is 10.8. The van der Waals surface area contributed by atoms with E-state index in [0.29, 0.717) is 25.1 Å². The summed E-state index contributed by atoms with van der Waals surface area (Å²) in [4.78, 5) is 46.5. The summed E-state index contributed by atoms with van der Waals surface area (Å²) in [5.74, 6) is 2.99. The lowest BCUT2D eigenvalue weighted by atomic mass is 9.50. The molecule has 1 atom stereocenters. The number of nitrogens with zero attached hydrogens (tertiary/aromatic N) is 11. The van der Waals surface area contributed by atoms with E-state index in [4.69, 9.17) is 9.92 Å². The molecule has 0 aromatic carbocycles. The van der Waals surface area contributed by atoms with Crippen LogP contribution >= 0.6 is 7.37 Å². The van der Waals surface area contributed by atoms with E-state index in [1.165, 1.54) is 31.6 Å². The summed E-state index contributed by atoms with van der Waals surface area (Å²) in [7, 11) is -5.57. The predicted molar refractivity (Wildman–Crippen MR) is 299 cm³/mol. The molecule has 0 radical (unpaired) electrons. The molecule has 1 aliphatic rings. The largest absolute Gasteiger partial charge is 0.450 e. The molecule has 2 N–H and O–H groups in total. The molecule has 0 bridgehead atoms. The zero-order valence-electron chi connectivity index (χ0n) is 49.6. The van der Waals surface area contributed by atoms with Crippen LogP contribution in [0.2, 0.25) is 12.1 Å². The predicted octanol–water partition coefficient (Wildman–Crippen LogP) is 11.0. The van der Waals surface area contributed by atoms with Gasteiger partial charge >= 0.3 is 0 Å². The van der Waals surface area contributed by atoms with Gasteiger partial charge in [0.25, 0.3) is 6.92 Å². The van der Waals surface area contributed by atoms with E-state index in [1.807, 2.05) is 62.3 Å². The Morgan fingerprint density at radius 3 is 1.36 bits per heavy atom. The Morgan fingerprint density at radius 2 is 1.11 bits per heavy atom. The molecule has 0 fully saturated rings. The Labute approximate surface area is 438 Å². The van der Waals surface area contributed by atoms with Gasteiger partial charge in [0.15, 0.2) is 37.3 Å². The number of carbonyl (C=O) groups is 3. The molecule has 0 saturated carbocycles. The summed E-state index contributed by atoms with van der Waals surface area (Å²) < 4.78 is 33.6. The van der Waals surface area contributed by atoms with Crippen molar-refractivity contribution in [3.05, 3.63) is 11.6 Å². The zero-order valence-corrected chi connectivity index (χ0v) is 51.3. The Bertz CT molecular complexity index is 2080. The minimum Gasteiger partial charge on any atom is -0.450 e. The maximum atomic E-state index is 10.9. The van der Waals surface area contributed by atoms with Gasteiger partial charge in [-0.25, -0.2) is 18.1 Å². The molecule has 72 heavy (non-hydrogen) atoms. The van der Waals surface area contributed by atoms with E-state index in [1.54, 1.807) is 18.4 Å². The van der Waals surface area contributed by atoms with Crippen LogP contribution in [-0.4, -0.2) is 120 Å². The molecule has 22 heteroatoms. The smallest absolute Gasteiger partial charge is 0.291 e. The maximum Gasteiger partial charge on any atom is 0.291 e. The minimum atomic E-state index is -2.79. The highest BCUT2D eigenvalue weighted by Crippen LogP contribution is 2.41. The van der Waals surface area contributed by atoms with E-state index >= 15 is 0 Å². The van der Waals surface area contributed by atoms with Crippen LogP contribution in [0.1, 0.15) is 198 Å². The van der Waals surface area contributed by atoms with Crippen LogP contribution in [0.3, 0.4) is 0 Å². The first kappa shape index (κ1) is 77.5. The number of amidine groups is 1. The van der Waals surface area contributed by atoms with Crippen LogP contribution in [0.15, 0.2) is 15.2 Å². The average molecular weight is 1060 g/mol. The van der Waals surface area contributed by atoms with Crippen molar-refractivity contribution < 1.29 is 37.3 Å². The number of hydrogen-bond donors (Lipinski definition) is 2. The van der Waals surface area contributed by atoms with Crippen molar-refractivity contribution >= 4 is 47.3 Å². The van der Waals surface area contributed by atoms with E-state index in [2.05, 4.69) is 129 Å². The van der Waals surface area contributed by atoms with Gasteiger partial charge in [-0.1, -0.05) is 160 Å². The number of aromatic nitrogens is 8. The molecular formula is C50H105BN11O8PS. The van der Waals surface area contributed by atoms with Crippen molar-refractivity contribution in [3.63, 3.8) is 0 Å². The number of hydrogen-bond acceptors (Lipinski definition) is 16. The summed E-state index contributed by atoms with van der Waals surface area (Å²) in [6.45, 7) is 51.7. The number of azo groups is 1. The third kappa shape index (κ3) is 60.9. The second kappa shape index (κ2) is 32.8. The fraction of sp³-hybridized carbons (Fsp3) is 0.880. The lowest BCUT2D eigenvalue weighted by Crippen LogP contribution is -2.20. The fourth-order valence-corrected chi connectivity index (χ4v) is 8.82. The van der Waals surface area contributed by atoms with Crippen molar-refractivity contribution in [2.45, 2.75) is 225 Å². The number of tetrazole rings is 2. The molecule has 0 saturated heterocycles. The number of ketones is 3. The van der Waals surface area contributed by atoms with E-state index in [9.17, 15) is 27.4 Å². The SMILES string of the molecule is C.CB(O)C(C)(C)C.CC(=O)CC(C)(C)C.CC(=O)Cn1nnc(CC(C)(C)C)n1.CC(=O)Cn1nnnc1CC(C)(C)C.CC(C)(C)CC1=NCN=N1.CC(C)(C)CP(C)(=O)O.CC(C)(C)CS(C)(=O)=O. The standard InChI is InChI=1S/2C9H16N4O.C7H13N3.C7H14O.C6H15O2P.C6H14O2S.C5H13BO.CH4/c1-7(14)6-13-8(10-11-12-13)5-9(2,3)4;1-7(14)6-13-11-8(10-12-13)5-9(2,3)4;1-7(2,3)4-6-8-5-9-10-6;1-6(8)5-7(2,3)4;2*1-6(2,3)5-9(4,7)8;1-5(2,3)6(4)7;/h2*5-6H2,1-4H3;4-5H2,1-3H3;5H2,1-4H3;5H2,1-4H3,(H,7,8);5H2,1-4H3;7H,1-4H3;1H4. The van der Waals surface area contributed by atoms with Gasteiger partial charge in [0.2, 0.25) is 0 Å². The molecule has 422 valence electrons. The van der Waals surface area contributed by atoms with E-state index in [-0.39, 0.29) is 88.3 Å². The van der Waals surface area contributed by atoms with Crippen molar-refractivity contribution in [3.8, 4) is 0 Å². The molecule has 1 unspecified atom stereocenters. The normalized spacial score (nSPS) is 13.5. The Balaban J connectivity index is -0.000000246. The van der Waals surface area contributed by atoms with Gasteiger partial charge in [0.1, 0.15) is 34.5 Å². The van der Waals surface area contributed by atoms with E-state index in [0.717, 1.165) is 30.9 Å². The molecule has 0 spiro atoms. The lowest BCUT2D eigenvalue weighted by molar-refractivity contribution is -0.119. The molecule has 0 amide bonds. The van der Waals surface area contributed by atoms with Crippen LogP contribution in [0, 0.1) is 32.5 Å². The monoisotopic (exact) mass is 1060 g/mol. The molecule has 2 aromatic rings. The number of aliphatic imine (C=N–C) groups is 1. The van der Waals surface area contributed by atoms with Crippen molar-refractivity contribution in [2.24, 2.45) is 47.7 Å². The maximum absolute atomic E-state index is 10.9. The van der Waals surface area contributed by atoms with E-state index < -0.39 is 17.2 Å². The van der Waals surface area contributed by atoms with Crippen LogP contribution in [-0.2, 0) is 54.7 Å². The average Bonchev–Trinajstić information content (AvgIpc) is 3.79. The molecule has 3 heterocycles. The highest BCUT2D eigenvalue weighted by Gasteiger charge is 2.23. The highest BCUT2D eigenvalue weighted by atomic mass is 32.2. The molecule has 0 aliphatic carbocycles. The Morgan fingerprint density at radius 1 is 0.667 bits per heavy atom. The molecule has 2 aromatic heterocycles. The number of rotatable bonds is 10.